The van der Waals surface area contributed by atoms with Crippen LogP contribution < -0.4 is 10.2 Å². The third kappa shape index (κ3) is 4.01. The van der Waals surface area contributed by atoms with Gasteiger partial charge in [-0.05, 0) is 12.1 Å². The Balaban J connectivity index is 0.000000924. The minimum atomic E-state index is 0.0396. The Labute approximate surface area is 141 Å². The van der Waals surface area contributed by atoms with Crippen LogP contribution in [0.25, 0.3) is 0 Å². The van der Waals surface area contributed by atoms with Crippen molar-refractivity contribution in [2.24, 2.45) is 0 Å². The van der Waals surface area contributed by atoms with Gasteiger partial charge in [0.2, 0.25) is 0 Å². The number of rotatable bonds is 3. The van der Waals surface area contributed by atoms with Crippen LogP contribution in [0.15, 0.2) is 35.2 Å². The number of hydrogen-bond acceptors (Lipinski definition) is 5. The first-order valence-electron chi connectivity index (χ1n) is 7.99. The van der Waals surface area contributed by atoms with Gasteiger partial charge in [-0.3, -0.25) is 4.79 Å². The fraction of sp³-hybridized carbons (Fsp3) is 0.412. The highest BCUT2D eigenvalue weighted by Crippen LogP contribution is 2.26. The summed E-state index contributed by atoms with van der Waals surface area (Å²) < 4.78 is 0. The van der Waals surface area contributed by atoms with Crippen LogP contribution in [-0.2, 0) is 0 Å². The molecule has 1 fully saturated rings. The SMILES string of the molecule is CC.CNc1ccccc1N1CCN(C(=O)c2cscn2)CC1. The second-order valence-electron chi connectivity index (χ2n) is 4.92. The number of nitrogens with one attached hydrogen (secondary N) is 1. The molecule has 1 aromatic carbocycles. The highest BCUT2D eigenvalue weighted by atomic mass is 32.1. The molecule has 1 aromatic heterocycles. The number of carbonyl (C=O) groups excluding carboxylic acids is 1. The quantitative estimate of drug-likeness (QED) is 0.938. The van der Waals surface area contributed by atoms with Gasteiger partial charge in [-0.15, -0.1) is 11.3 Å². The standard InChI is InChI=1S/C15H18N4OS.C2H6/c1-16-12-4-2-3-5-14(12)18-6-8-19(9-7-18)15(20)13-10-21-11-17-13;1-2/h2-5,10-11,16H,6-9H2,1H3;1-2H3. The molecule has 2 aromatic rings. The molecule has 1 amide bonds. The van der Waals surface area contributed by atoms with Crippen LogP contribution in [-0.4, -0.2) is 49.0 Å². The number of piperazine rings is 1. The van der Waals surface area contributed by atoms with Gasteiger partial charge in [0.15, 0.2) is 0 Å². The number of nitrogens with zero attached hydrogens (tertiary/aromatic N) is 3. The number of thiazole rings is 1. The van der Waals surface area contributed by atoms with Crippen LogP contribution in [0.5, 0.6) is 0 Å². The molecule has 0 radical (unpaired) electrons. The fourth-order valence-electron chi connectivity index (χ4n) is 2.59. The second kappa shape index (κ2) is 8.53. The second-order valence-corrected chi connectivity index (χ2v) is 5.64. The summed E-state index contributed by atoms with van der Waals surface area (Å²) in [6.07, 6.45) is 0. The molecule has 23 heavy (non-hydrogen) atoms. The first-order valence-corrected chi connectivity index (χ1v) is 8.93. The summed E-state index contributed by atoms with van der Waals surface area (Å²) in [5, 5.41) is 5.03. The van der Waals surface area contributed by atoms with Crippen LogP contribution in [0.2, 0.25) is 0 Å². The molecule has 2 heterocycles. The number of anilines is 2. The Morgan fingerprint density at radius 3 is 2.48 bits per heavy atom. The number of aromatic nitrogens is 1. The third-order valence-corrected chi connectivity index (χ3v) is 4.32. The molecule has 1 aliphatic rings. The molecule has 1 N–H and O–H groups in total. The summed E-state index contributed by atoms with van der Waals surface area (Å²) in [4.78, 5) is 20.6. The van der Waals surface area contributed by atoms with Crippen molar-refractivity contribution in [1.29, 1.82) is 0 Å². The largest absolute Gasteiger partial charge is 0.386 e. The van der Waals surface area contributed by atoms with E-state index in [1.807, 2.05) is 43.3 Å². The monoisotopic (exact) mass is 332 g/mol. The van der Waals surface area contributed by atoms with Crippen molar-refractivity contribution in [2.75, 3.05) is 43.4 Å². The lowest BCUT2D eigenvalue weighted by Crippen LogP contribution is -2.49. The van der Waals surface area contributed by atoms with E-state index >= 15 is 0 Å². The Bertz CT molecular complexity index is 607. The fourth-order valence-corrected chi connectivity index (χ4v) is 3.12. The molecule has 124 valence electrons. The van der Waals surface area contributed by atoms with E-state index in [1.54, 1.807) is 5.51 Å². The summed E-state index contributed by atoms with van der Waals surface area (Å²) in [6.45, 7) is 7.14. The smallest absolute Gasteiger partial charge is 0.273 e. The number of carbonyl (C=O) groups is 1. The molecule has 0 unspecified atom stereocenters. The maximum absolute atomic E-state index is 12.3. The maximum Gasteiger partial charge on any atom is 0.273 e. The van der Waals surface area contributed by atoms with Crippen LogP contribution in [0.1, 0.15) is 24.3 Å². The van der Waals surface area contributed by atoms with E-state index in [-0.39, 0.29) is 5.91 Å². The molecular formula is C17H24N4OS. The highest BCUT2D eigenvalue weighted by Gasteiger charge is 2.24. The number of amides is 1. The van der Waals surface area contributed by atoms with Gasteiger partial charge in [0.25, 0.3) is 5.91 Å². The van der Waals surface area contributed by atoms with E-state index in [1.165, 1.54) is 17.0 Å². The molecule has 1 saturated heterocycles. The van der Waals surface area contributed by atoms with Crippen LogP contribution in [0, 0.1) is 0 Å². The van der Waals surface area contributed by atoms with E-state index in [2.05, 4.69) is 27.3 Å². The Kier molecular flexibility index (Phi) is 6.40. The first-order chi connectivity index (χ1) is 11.3. The Hall–Kier alpha value is -2.08. The normalized spacial score (nSPS) is 14.0. The van der Waals surface area contributed by atoms with Gasteiger partial charge >= 0.3 is 0 Å². The van der Waals surface area contributed by atoms with Crippen molar-refractivity contribution in [3.05, 3.63) is 40.8 Å². The first kappa shape index (κ1) is 17.3. The van der Waals surface area contributed by atoms with Crippen LogP contribution in [0.3, 0.4) is 0 Å². The van der Waals surface area contributed by atoms with E-state index in [0.29, 0.717) is 5.69 Å². The number of benzene rings is 1. The molecule has 0 aliphatic carbocycles. The van der Waals surface area contributed by atoms with E-state index in [0.717, 1.165) is 31.9 Å². The van der Waals surface area contributed by atoms with Crippen molar-refractivity contribution in [3.63, 3.8) is 0 Å². The molecule has 0 bridgehead atoms. The van der Waals surface area contributed by atoms with Crippen molar-refractivity contribution >= 4 is 28.6 Å². The highest BCUT2D eigenvalue weighted by molar-refractivity contribution is 7.07. The van der Waals surface area contributed by atoms with Crippen molar-refractivity contribution < 1.29 is 4.79 Å². The van der Waals surface area contributed by atoms with Crippen molar-refractivity contribution in [1.82, 2.24) is 9.88 Å². The predicted molar refractivity (Wildman–Crippen MR) is 97.6 cm³/mol. The molecule has 6 heteroatoms. The van der Waals surface area contributed by atoms with Gasteiger partial charge in [0, 0.05) is 38.6 Å². The van der Waals surface area contributed by atoms with E-state index < -0.39 is 0 Å². The zero-order valence-electron chi connectivity index (χ0n) is 14.0. The van der Waals surface area contributed by atoms with E-state index in [9.17, 15) is 4.79 Å². The number of para-hydroxylation sites is 2. The van der Waals surface area contributed by atoms with Gasteiger partial charge in [-0.1, -0.05) is 26.0 Å². The van der Waals surface area contributed by atoms with Gasteiger partial charge in [0.1, 0.15) is 5.69 Å². The minimum absolute atomic E-state index is 0.0396. The summed E-state index contributed by atoms with van der Waals surface area (Å²) in [6, 6.07) is 8.26. The molecule has 0 saturated carbocycles. The van der Waals surface area contributed by atoms with Gasteiger partial charge < -0.3 is 15.1 Å². The lowest BCUT2D eigenvalue weighted by atomic mass is 10.2. The predicted octanol–water partition coefficient (Wildman–Crippen LogP) is 3.17. The Morgan fingerprint density at radius 1 is 1.17 bits per heavy atom. The van der Waals surface area contributed by atoms with Crippen LogP contribution >= 0.6 is 11.3 Å². The van der Waals surface area contributed by atoms with Gasteiger partial charge in [-0.2, -0.15) is 0 Å². The maximum atomic E-state index is 12.3. The summed E-state index contributed by atoms with van der Waals surface area (Å²) in [5.41, 5.74) is 4.58. The summed E-state index contributed by atoms with van der Waals surface area (Å²) in [7, 11) is 1.93. The summed E-state index contributed by atoms with van der Waals surface area (Å²) in [5.74, 6) is 0.0396. The average molecular weight is 332 g/mol. The zero-order valence-corrected chi connectivity index (χ0v) is 14.8. The molecule has 1 aliphatic heterocycles. The molecule has 5 nitrogen and oxygen atoms in total. The lowest BCUT2D eigenvalue weighted by molar-refractivity contribution is 0.0742. The van der Waals surface area contributed by atoms with Gasteiger partial charge in [0.05, 0.1) is 16.9 Å². The summed E-state index contributed by atoms with van der Waals surface area (Å²) >= 11 is 1.46. The van der Waals surface area contributed by atoms with Crippen molar-refractivity contribution in [3.8, 4) is 0 Å². The zero-order chi connectivity index (χ0) is 16.7. The van der Waals surface area contributed by atoms with Crippen LogP contribution in [0.4, 0.5) is 11.4 Å². The number of hydrogen-bond donors (Lipinski definition) is 1. The third-order valence-electron chi connectivity index (χ3n) is 3.73. The van der Waals surface area contributed by atoms with Gasteiger partial charge in [-0.25, -0.2) is 4.98 Å². The molecule has 3 rings (SSSR count). The topological polar surface area (TPSA) is 48.5 Å². The van der Waals surface area contributed by atoms with Crippen molar-refractivity contribution in [2.45, 2.75) is 13.8 Å². The van der Waals surface area contributed by atoms with E-state index in [4.69, 9.17) is 0 Å². The molecule has 0 atom stereocenters. The molecule has 0 spiro atoms. The minimum Gasteiger partial charge on any atom is -0.386 e. The lowest BCUT2D eigenvalue weighted by Gasteiger charge is -2.36. The Morgan fingerprint density at radius 2 is 1.87 bits per heavy atom. The average Bonchev–Trinajstić information content (AvgIpc) is 3.17. The molecular weight excluding hydrogens is 308 g/mol.